The Kier molecular flexibility index (Phi) is 6.92. The van der Waals surface area contributed by atoms with E-state index in [1.54, 1.807) is 0 Å². The lowest BCUT2D eigenvalue weighted by molar-refractivity contribution is 0.669. The Hall–Kier alpha value is -6.64. The Balaban J connectivity index is 1.13. The molecule has 0 aliphatic carbocycles. The van der Waals surface area contributed by atoms with Gasteiger partial charge in [0.1, 0.15) is 11.2 Å². The van der Waals surface area contributed by atoms with Crippen LogP contribution in [0.1, 0.15) is 11.1 Å². The van der Waals surface area contributed by atoms with Crippen molar-refractivity contribution in [1.82, 2.24) is 4.57 Å². The van der Waals surface area contributed by atoms with Gasteiger partial charge in [-0.3, -0.25) is 0 Å². The molecule has 8 aromatic carbocycles. The van der Waals surface area contributed by atoms with Crippen molar-refractivity contribution in [3.63, 3.8) is 0 Å². The van der Waals surface area contributed by atoms with Crippen molar-refractivity contribution in [3.8, 4) is 39.1 Å². The van der Waals surface area contributed by atoms with E-state index in [4.69, 9.17) is 4.42 Å². The van der Waals surface area contributed by atoms with Gasteiger partial charge in [0.25, 0.3) is 0 Å². The average molecular weight is 652 g/mol. The topological polar surface area (TPSA) is 18.1 Å². The number of aromatic nitrogens is 1. The van der Waals surface area contributed by atoms with E-state index in [-0.39, 0.29) is 0 Å². The summed E-state index contributed by atoms with van der Waals surface area (Å²) in [4.78, 5) is 0. The molecule has 10 rings (SSSR count). The van der Waals surface area contributed by atoms with Crippen LogP contribution in [0.4, 0.5) is 0 Å². The molecule has 2 heterocycles. The van der Waals surface area contributed by atoms with Crippen LogP contribution >= 0.6 is 0 Å². The first-order valence-electron chi connectivity index (χ1n) is 17.5. The van der Waals surface area contributed by atoms with Gasteiger partial charge < -0.3 is 8.98 Å². The minimum Gasteiger partial charge on any atom is -0.456 e. The van der Waals surface area contributed by atoms with Crippen molar-refractivity contribution in [1.29, 1.82) is 0 Å². The monoisotopic (exact) mass is 651 g/mol. The van der Waals surface area contributed by atoms with E-state index in [9.17, 15) is 0 Å². The van der Waals surface area contributed by atoms with Crippen LogP contribution < -0.4 is 0 Å². The number of para-hydroxylation sites is 3. The van der Waals surface area contributed by atoms with Crippen molar-refractivity contribution in [2.75, 3.05) is 0 Å². The molecule has 0 saturated carbocycles. The molecule has 0 aliphatic heterocycles. The minimum absolute atomic E-state index is 0.800. The maximum Gasteiger partial charge on any atom is 0.135 e. The molecule has 0 spiro atoms. The van der Waals surface area contributed by atoms with E-state index in [2.05, 4.69) is 180 Å². The highest BCUT2D eigenvalue weighted by atomic mass is 16.3. The van der Waals surface area contributed by atoms with E-state index >= 15 is 0 Å². The third-order valence-corrected chi connectivity index (χ3v) is 10.2. The van der Waals surface area contributed by atoms with Gasteiger partial charge in [-0.2, -0.15) is 0 Å². The van der Waals surface area contributed by atoms with Gasteiger partial charge in [-0.15, -0.1) is 0 Å². The smallest absolute Gasteiger partial charge is 0.135 e. The Morgan fingerprint density at radius 1 is 0.353 bits per heavy atom. The minimum atomic E-state index is 0.800. The number of benzene rings is 8. The number of hydrogen-bond acceptors (Lipinski definition) is 1. The first-order valence-corrected chi connectivity index (χ1v) is 17.5. The summed E-state index contributed by atoms with van der Waals surface area (Å²) in [6.07, 6.45) is 0.800. The number of nitrogens with zero attached hydrogens (tertiary/aromatic N) is 1. The van der Waals surface area contributed by atoms with Crippen LogP contribution in [0, 0.1) is 0 Å². The maximum atomic E-state index is 6.15. The van der Waals surface area contributed by atoms with Gasteiger partial charge in [-0.1, -0.05) is 146 Å². The molecule has 2 heteroatoms. The van der Waals surface area contributed by atoms with E-state index in [1.165, 1.54) is 72.0 Å². The number of fused-ring (bicyclic) bond motifs is 6. The van der Waals surface area contributed by atoms with E-state index in [1.807, 2.05) is 12.1 Å². The molecule has 10 aromatic rings. The fourth-order valence-electron chi connectivity index (χ4n) is 7.80. The lowest BCUT2D eigenvalue weighted by atomic mass is 9.93. The standard InChI is InChI=1S/C49H33NO/c1-3-13-34(14-4-1)39-28-33(29-40(30-39)35-15-5-2-6-16-35)27-38-17-7-10-20-45(38)50-46-21-11-8-18-41(46)42-25-23-37(32-47(42)50)36-24-26-49-44(31-36)43-19-9-12-22-48(43)51-49/h1-26,28-32H,27H2. The SMILES string of the molecule is c1ccc(-c2cc(Cc3ccccc3-n3c4ccccc4c4ccc(-c5ccc6oc7ccccc7c6c5)cc43)cc(-c3ccccc3)c2)cc1. The van der Waals surface area contributed by atoms with Gasteiger partial charge in [-0.25, -0.2) is 0 Å². The molecule has 0 radical (unpaired) electrons. The summed E-state index contributed by atoms with van der Waals surface area (Å²) >= 11 is 0. The molecule has 0 unspecified atom stereocenters. The molecule has 240 valence electrons. The Bertz CT molecular complexity index is 2820. The van der Waals surface area contributed by atoms with Crippen LogP contribution in [-0.2, 0) is 6.42 Å². The highest BCUT2D eigenvalue weighted by Crippen LogP contribution is 2.38. The highest BCUT2D eigenvalue weighted by Gasteiger charge is 2.17. The van der Waals surface area contributed by atoms with Crippen LogP contribution in [0.2, 0.25) is 0 Å². The molecule has 2 aromatic heterocycles. The van der Waals surface area contributed by atoms with Crippen molar-refractivity contribution in [3.05, 3.63) is 199 Å². The molecular formula is C49H33NO. The summed E-state index contributed by atoms with van der Waals surface area (Å²) in [5.74, 6) is 0. The van der Waals surface area contributed by atoms with Gasteiger partial charge in [0, 0.05) is 27.2 Å². The third-order valence-electron chi connectivity index (χ3n) is 10.2. The first-order chi connectivity index (χ1) is 25.3. The van der Waals surface area contributed by atoms with Gasteiger partial charge in [0.05, 0.1) is 11.0 Å². The molecule has 0 atom stereocenters. The fourth-order valence-corrected chi connectivity index (χ4v) is 7.80. The molecule has 0 saturated heterocycles. The van der Waals surface area contributed by atoms with Crippen LogP contribution in [0.25, 0.3) is 82.8 Å². The predicted octanol–water partition coefficient (Wildman–Crippen LogP) is 13.3. The summed E-state index contributed by atoms with van der Waals surface area (Å²) in [5, 5.41) is 4.78. The molecule has 0 bridgehead atoms. The van der Waals surface area contributed by atoms with Crippen molar-refractivity contribution >= 4 is 43.7 Å². The highest BCUT2D eigenvalue weighted by molar-refractivity contribution is 6.11. The van der Waals surface area contributed by atoms with Gasteiger partial charge in [0.2, 0.25) is 0 Å². The summed E-state index contributed by atoms with van der Waals surface area (Å²) in [7, 11) is 0. The summed E-state index contributed by atoms with van der Waals surface area (Å²) < 4.78 is 8.62. The number of furan rings is 1. The number of hydrogen-bond donors (Lipinski definition) is 0. The zero-order valence-electron chi connectivity index (χ0n) is 28.0. The van der Waals surface area contributed by atoms with Crippen LogP contribution in [0.15, 0.2) is 192 Å². The normalized spacial score (nSPS) is 11.6. The van der Waals surface area contributed by atoms with E-state index < -0.39 is 0 Å². The Labute approximate surface area is 296 Å². The molecular weight excluding hydrogens is 619 g/mol. The molecule has 51 heavy (non-hydrogen) atoms. The van der Waals surface area contributed by atoms with Crippen LogP contribution in [0.5, 0.6) is 0 Å². The molecule has 2 nitrogen and oxygen atoms in total. The lowest BCUT2D eigenvalue weighted by Crippen LogP contribution is -2.01. The zero-order chi connectivity index (χ0) is 33.7. The van der Waals surface area contributed by atoms with Crippen molar-refractivity contribution in [2.24, 2.45) is 0 Å². The Morgan fingerprint density at radius 3 is 1.73 bits per heavy atom. The molecule has 0 aliphatic rings. The van der Waals surface area contributed by atoms with Gasteiger partial charge >= 0.3 is 0 Å². The predicted molar refractivity (Wildman–Crippen MR) is 214 cm³/mol. The summed E-state index contributed by atoms with van der Waals surface area (Å²) in [6.45, 7) is 0. The zero-order valence-corrected chi connectivity index (χ0v) is 28.0. The van der Waals surface area contributed by atoms with Gasteiger partial charge in [-0.05, 0) is 93.4 Å². The maximum absolute atomic E-state index is 6.15. The van der Waals surface area contributed by atoms with Gasteiger partial charge in [0.15, 0.2) is 0 Å². The van der Waals surface area contributed by atoms with Crippen LogP contribution in [-0.4, -0.2) is 4.57 Å². The summed E-state index contributed by atoms with van der Waals surface area (Å²) in [6, 6.07) is 67.9. The number of rotatable bonds is 6. The molecule has 0 N–H and O–H groups in total. The fraction of sp³-hybridized carbons (Fsp3) is 0.0204. The molecule has 0 fully saturated rings. The second kappa shape index (κ2) is 12.0. The van der Waals surface area contributed by atoms with E-state index in [0.717, 1.165) is 28.4 Å². The second-order valence-corrected chi connectivity index (χ2v) is 13.3. The van der Waals surface area contributed by atoms with Crippen molar-refractivity contribution in [2.45, 2.75) is 6.42 Å². The summed E-state index contributed by atoms with van der Waals surface area (Å²) in [5.41, 5.74) is 15.3. The third kappa shape index (κ3) is 5.12. The largest absolute Gasteiger partial charge is 0.456 e. The van der Waals surface area contributed by atoms with Crippen LogP contribution in [0.3, 0.4) is 0 Å². The Morgan fingerprint density at radius 2 is 0.941 bits per heavy atom. The molecule has 0 amide bonds. The van der Waals surface area contributed by atoms with E-state index in [0.29, 0.717) is 0 Å². The lowest BCUT2D eigenvalue weighted by Gasteiger charge is -2.16. The second-order valence-electron chi connectivity index (χ2n) is 13.3. The van der Waals surface area contributed by atoms with Crippen molar-refractivity contribution < 1.29 is 4.42 Å². The first kappa shape index (κ1) is 29.3. The average Bonchev–Trinajstić information content (AvgIpc) is 3.74. The quantitative estimate of drug-likeness (QED) is 0.175.